The largest absolute Gasteiger partial charge is 0.398 e. The first-order valence-electron chi connectivity index (χ1n) is 7.13. The molecule has 1 unspecified atom stereocenters. The fourth-order valence-electron chi connectivity index (χ4n) is 3.28. The van der Waals surface area contributed by atoms with Crippen LogP contribution in [0.3, 0.4) is 0 Å². The van der Waals surface area contributed by atoms with Gasteiger partial charge in [0.15, 0.2) is 0 Å². The van der Waals surface area contributed by atoms with Crippen LogP contribution in [0, 0.1) is 0 Å². The number of benzene rings is 1. The first-order chi connectivity index (χ1) is 8.83. The van der Waals surface area contributed by atoms with E-state index in [9.17, 15) is 0 Å². The van der Waals surface area contributed by atoms with Crippen LogP contribution in [0.25, 0.3) is 0 Å². The number of nitrogens with two attached hydrogens (primary N) is 1. The molecule has 3 nitrogen and oxygen atoms in total. The van der Waals surface area contributed by atoms with Crippen molar-refractivity contribution in [3.8, 4) is 0 Å². The van der Waals surface area contributed by atoms with Gasteiger partial charge in [-0.15, -0.1) is 0 Å². The van der Waals surface area contributed by atoms with Gasteiger partial charge in [0.05, 0.1) is 0 Å². The summed E-state index contributed by atoms with van der Waals surface area (Å²) in [4.78, 5) is 5.24. The summed E-state index contributed by atoms with van der Waals surface area (Å²) in [6, 6.07) is 9.05. The number of para-hydroxylation sites is 1. The molecule has 0 aliphatic carbocycles. The monoisotopic (exact) mass is 245 g/mol. The van der Waals surface area contributed by atoms with Crippen molar-refractivity contribution in [2.75, 3.05) is 31.9 Å². The molecule has 1 aromatic rings. The molecule has 3 rings (SSSR count). The number of nitrogens with zero attached hydrogens (tertiary/aromatic N) is 2. The SMILES string of the molecule is Nc1ccccc1CN1CCN2CCCCC2C1. The van der Waals surface area contributed by atoms with Crippen molar-refractivity contribution in [3.63, 3.8) is 0 Å². The zero-order valence-corrected chi connectivity index (χ0v) is 11.0. The third-order valence-corrected chi connectivity index (χ3v) is 4.37. The Kier molecular flexibility index (Phi) is 3.52. The van der Waals surface area contributed by atoms with Gasteiger partial charge in [0.1, 0.15) is 0 Å². The van der Waals surface area contributed by atoms with Crippen LogP contribution in [0.2, 0.25) is 0 Å². The summed E-state index contributed by atoms with van der Waals surface area (Å²) in [7, 11) is 0. The van der Waals surface area contributed by atoms with Gasteiger partial charge >= 0.3 is 0 Å². The average molecular weight is 245 g/mol. The third-order valence-electron chi connectivity index (χ3n) is 4.37. The van der Waals surface area contributed by atoms with Crippen LogP contribution in [0.15, 0.2) is 24.3 Å². The molecule has 0 amide bonds. The predicted octanol–water partition coefficient (Wildman–Crippen LogP) is 1.94. The molecule has 0 aromatic heterocycles. The van der Waals surface area contributed by atoms with Crippen LogP contribution < -0.4 is 5.73 Å². The summed E-state index contributed by atoms with van der Waals surface area (Å²) in [5, 5.41) is 0. The standard InChI is InChI=1S/C15H23N3/c16-15-7-2-1-5-13(15)11-17-9-10-18-8-4-3-6-14(18)12-17/h1-2,5,7,14H,3-4,6,8-12,16H2. The van der Waals surface area contributed by atoms with Crippen LogP contribution >= 0.6 is 0 Å². The van der Waals surface area contributed by atoms with Crippen LogP contribution in [-0.4, -0.2) is 42.0 Å². The maximum Gasteiger partial charge on any atom is 0.0359 e. The van der Waals surface area contributed by atoms with Gasteiger partial charge in [0.2, 0.25) is 0 Å². The number of piperidine rings is 1. The zero-order chi connectivity index (χ0) is 12.4. The van der Waals surface area contributed by atoms with E-state index in [1.54, 1.807) is 0 Å². The van der Waals surface area contributed by atoms with Crippen molar-refractivity contribution in [2.45, 2.75) is 31.8 Å². The lowest BCUT2D eigenvalue weighted by molar-refractivity contribution is 0.0458. The van der Waals surface area contributed by atoms with Crippen molar-refractivity contribution in [2.24, 2.45) is 0 Å². The molecule has 18 heavy (non-hydrogen) atoms. The molecular formula is C15H23N3. The van der Waals surface area contributed by atoms with Gasteiger partial charge in [0, 0.05) is 37.9 Å². The maximum absolute atomic E-state index is 6.03. The molecule has 2 fully saturated rings. The molecule has 3 heteroatoms. The van der Waals surface area contributed by atoms with Gasteiger partial charge < -0.3 is 5.73 Å². The Balaban J connectivity index is 1.63. The molecule has 0 spiro atoms. The van der Waals surface area contributed by atoms with Gasteiger partial charge in [0.25, 0.3) is 0 Å². The zero-order valence-electron chi connectivity index (χ0n) is 11.0. The molecule has 0 bridgehead atoms. The fourth-order valence-corrected chi connectivity index (χ4v) is 3.28. The van der Waals surface area contributed by atoms with Gasteiger partial charge in [-0.2, -0.15) is 0 Å². The first-order valence-corrected chi connectivity index (χ1v) is 7.13. The van der Waals surface area contributed by atoms with E-state index in [1.807, 2.05) is 12.1 Å². The highest BCUT2D eigenvalue weighted by Gasteiger charge is 2.28. The first kappa shape index (κ1) is 12.0. The van der Waals surface area contributed by atoms with Gasteiger partial charge in [-0.25, -0.2) is 0 Å². The van der Waals surface area contributed by atoms with Crippen molar-refractivity contribution in [3.05, 3.63) is 29.8 Å². The highest BCUT2D eigenvalue weighted by atomic mass is 15.3. The molecule has 98 valence electrons. The Labute approximate surface area is 110 Å². The van der Waals surface area contributed by atoms with E-state index in [0.29, 0.717) is 0 Å². The van der Waals surface area contributed by atoms with E-state index in [2.05, 4.69) is 21.9 Å². The molecule has 2 N–H and O–H groups in total. The lowest BCUT2D eigenvalue weighted by Crippen LogP contribution is -2.54. The van der Waals surface area contributed by atoms with Crippen molar-refractivity contribution < 1.29 is 0 Å². The number of nitrogen functional groups attached to an aromatic ring is 1. The van der Waals surface area contributed by atoms with E-state index >= 15 is 0 Å². The van der Waals surface area contributed by atoms with E-state index in [1.165, 1.54) is 51.0 Å². The molecular weight excluding hydrogens is 222 g/mol. The summed E-state index contributed by atoms with van der Waals surface area (Å²) < 4.78 is 0. The second-order valence-electron chi connectivity index (χ2n) is 5.62. The number of fused-ring (bicyclic) bond motifs is 1. The van der Waals surface area contributed by atoms with Crippen molar-refractivity contribution in [1.29, 1.82) is 0 Å². The highest BCUT2D eigenvalue weighted by Crippen LogP contribution is 2.23. The smallest absolute Gasteiger partial charge is 0.0359 e. The Bertz CT molecular complexity index is 404. The Morgan fingerprint density at radius 1 is 1.11 bits per heavy atom. The molecule has 2 saturated heterocycles. The highest BCUT2D eigenvalue weighted by molar-refractivity contribution is 5.46. The summed E-state index contributed by atoms with van der Waals surface area (Å²) in [6.45, 7) is 5.96. The molecule has 0 radical (unpaired) electrons. The molecule has 2 heterocycles. The van der Waals surface area contributed by atoms with E-state index in [-0.39, 0.29) is 0 Å². The summed E-state index contributed by atoms with van der Waals surface area (Å²) >= 11 is 0. The maximum atomic E-state index is 6.03. The summed E-state index contributed by atoms with van der Waals surface area (Å²) in [5.41, 5.74) is 8.25. The molecule has 0 saturated carbocycles. The molecule has 2 aliphatic rings. The quantitative estimate of drug-likeness (QED) is 0.808. The predicted molar refractivity (Wildman–Crippen MR) is 75.3 cm³/mol. The Hall–Kier alpha value is -1.06. The average Bonchev–Trinajstić information content (AvgIpc) is 2.41. The van der Waals surface area contributed by atoms with Crippen LogP contribution in [0.5, 0.6) is 0 Å². The van der Waals surface area contributed by atoms with Gasteiger partial charge in [-0.3, -0.25) is 9.80 Å². The number of hydrogen-bond donors (Lipinski definition) is 1. The van der Waals surface area contributed by atoms with E-state index in [0.717, 1.165) is 18.3 Å². The van der Waals surface area contributed by atoms with E-state index in [4.69, 9.17) is 5.73 Å². The number of piperazine rings is 1. The second kappa shape index (κ2) is 5.29. The fraction of sp³-hybridized carbons (Fsp3) is 0.600. The second-order valence-corrected chi connectivity index (χ2v) is 5.62. The Morgan fingerprint density at radius 3 is 2.89 bits per heavy atom. The number of rotatable bonds is 2. The molecule has 1 atom stereocenters. The third kappa shape index (κ3) is 2.52. The lowest BCUT2D eigenvalue weighted by Gasteiger charge is -2.44. The minimum Gasteiger partial charge on any atom is -0.398 e. The van der Waals surface area contributed by atoms with Gasteiger partial charge in [-0.1, -0.05) is 24.6 Å². The minimum absolute atomic E-state index is 0.789. The van der Waals surface area contributed by atoms with Crippen LogP contribution in [-0.2, 0) is 6.54 Å². The van der Waals surface area contributed by atoms with E-state index < -0.39 is 0 Å². The van der Waals surface area contributed by atoms with Crippen LogP contribution in [0.1, 0.15) is 24.8 Å². The van der Waals surface area contributed by atoms with Gasteiger partial charge in [-0.05, 0) is 31.0 Å². The van der Waals surface area contributed by atoms with Crippen LogP contribution in [0.4, 0.5) is 5.69 Å². The number of anilines is 1. The lowest BCUT2D eigenvalue weighted by atomic mass is 9.99. The normalized spacial score (nSPS) is 25.9. The van der Waals surface area contributed by atoms with Crippen molar-refractivity contribution in [1.82, 2.24) is 9.80 Å². The summed E-state index contributed by atoms with van der Waals surface area (Å²) in [5.74, 6) is 0. The minimum atomic E-state index is 0.789. The van der Waals surface area contributed by atoms with Crippen molar-refractivity contribution >= 4 is 5.69 Å². The molecule has 2 aliphatic heterocycles. The molecule has 1 aromatic carbocycles. The topological polar surface area (TPSA) is 32.5 Å². The summed E-state index contributed by atoms with van der Waals surface area (Å²) in [6.07, 6.45) is 4.17. The Morgan fingerprint density at radius 2 is 2.00 bits per heavy atom. The number of hydrogen-bond acceptors (Lipinski definition) is 3.